The summed E-state index contributed by atoms with van der Waals surface area (Å²) < 4.78 is 140. The number of nitriles is 6. The molecule has 0 bridgehead atoms. The molecule has 0 spiro atoms. The molecule has 0 heterocycles. The van der Waals surface area contributed by atoms with Crippen molar-refractivity contribution >= 4 is 33.4 Å². The topological polar surface area (TPSA) is 143 Å². The van der Waals surface area contributed by atoms with Gasteiger partial charge in [0.25, 0.3) is 0 Å². The Bertz CT molecular complexity index is 2300. The highest BCUT2D eigenvalue weighted by molar-refractivity contribution is 6.29. The lowest BCUT2D eigenvalue weighted by molar-refractivity contribution is -0.141. The van der Waals surface area contributed by atoms with E-state index in [1.165, 1.54) is 24.3 Å². The molecule has 0 unspecified atom stereocenters. The van der Waals surface area contributed by atoms with Crippen molar-refractivity contribution in [1.29, 1.82) is 31.6 Å². The highest BCUT2D eigenvalue weighted by Gasteiger charge is 2.41. The van der Waals surface area contributed by atoms with Crippen molar-refractivity contribution in [3.05, 3.63) is 115 Å². The van der Waals surface area contributed by atoms with Crippen LogP contribution in [0.4, 0.5) is 43.9 Å². The van der Waals surface area contributed by atoms with Gasteiger partial charge in [0.15, 0.2) is 23.3 Å². The first-order valence-electron chi connectivity index (χ1n) is 13.2. The number of allylic oxidation sites excluding steroid dienone is 8. The molecule has 242 valence electrons. The average molecular weight is 688 g/mol. The lowest BCUT2D eigenvalue weighted by atomic mass is 9.88. The highest BCUT2D eigenvalue weighted by Crippen LogP contribution is 2.55. The van der Waals surface area contributed by atoms with Crippen molar-refractivity contribution in [2.75, 3.05) is 0 Å². The molecular weight excluding hydrogens is 682 g/mol. The van der Waals surface area contributed by atoms with Gasteiger partial charge in [-0.2, -0.15) is 57.9 Å². The molecule has 2 aliphatic rings. The van der Waals surface area contributed by atoms with Gasteiger partial charge in [-0.15, -0.1) is 0 Å². The van der Waals surface area contributed by atoms with Crippen LogP contribution in [-0.4, -0.2) is 0 Å². The SMILES string of the molecule is N#CC(C#N)=C1C(c2cc(F)c(F)c(C(F)(F)F)c2)=C(C#N)c2cc3c(cc21)C(=C(C#N)C#N)C(c1cc(F)c(F)c(C(F)(F)F)c1)=C3C#N. The van der Waals surface area contributed by atoms with E-state index >= 15 is 0 Å². The number of nitrogens with zero attached hydrogens (tertiary/aromatic N) is 6. The van der Waals surface area contributed by atoms with E-state index < -0.39 is 102 Å². The van der Waals surface area contributed by atoms with Crippen molar-refractivity contribution in [3.63, 3.8) is 0 Å². The minimum atomic E-state index is -5.46. The second-order valence-corrected chi connectivity index (χ2v) is 10.2. The minimum absolute atomic E-state index is 0.131. The van der Waals surface area contributed by atoms with Crippen LogP contribution in [0.15, 0.2) is 47.5 Å². The summed E-state index contributed by atoms with van der Waals surface area (Å²) in [6, 6.07) is 12.0. The molecule has 5 rings (SSSR count). The second-order valence-electron chi connectivity index (χ2n) is 10.2. The second kappa shape index (κ2) is 11.8. The average Bonchev–Trinajstić information content (AvgIpc) is 3.54. The first kappa shape index (κ1) is 34.2. The van der Waals surface area contributed by atoms with Crippen molar-refractivity contribution in [2.24, 2.45) is 0 Å². The maximum absolute atomic E-state index is 14.6. The summed E-state index contributed by atoms with van der Waals surface area (Å²) in [6.07, 6.45) is -10.9. The summed E-state index contributed by atoms with van der Waals surface area (Å²) in [5.41, 5.74) is -12.7. The normalized spacial score (nSPS) is 13.4. The number of benzene rings is 3. The third kappa shape index (κ3) is 5.10. The van der Waals surface area contributed by atoms with Gasteiger partial charge in [-0.1, -0.05) is 0 Å². The van der Waals surface area contributed by atoms with Crippen LogP contribution < -0.4 is 0 Å². The molecular formula is C34H6F10N6. The van der Waals surface area contributed by atoms with Gasteiger partial charge in [-0.05, 0) is 58.7 Å². The molecule has 0 N–H and O–H groups in total. The first-order valence-corrected chi connectivity index (χ1v) is 13.2. The van der Waals surface area contributed by atoms with Gasteiger partial charge < -0.3 is 0 Å². The monoisotopic (exact) mass is 688 g/mol. The molecule has 16 heteroatoms. The molecule has 2 aliphatic carbocycles. The highest BCUT2D eigenvalue weighted by atomic mass is 19.4. The van der Waals surface area contributed by atoms with Crippen LogP contribution in [0.3, 0.4) is 0 Å². The number of fused-ring (bicyclic) bond motifs is 2. The zero-order valence-corrected chi connectivity index (χ0v) is 23.9. The lowest BCUT2D eigenvalue weighted by Crippen LogP contribution is -2.11. The van der Waals surface area contributed by atoms with Crippen LogP contribution in [0.5, 0.6) is 0 Å². The molecule has 0 saturated heterocycles. The van der Waals surface area contributed by atoms with E-state index in [2.05, 4.69) is 0 Å². The summed E-state index contributed by atoms with van der Waals surface area (Å²) in [5.74, 6) is -8.62. The fourth-order valence-electron chi connectivity index (χ4n) is 5.70. The Labute approximate surface area is 273 Å². The Balaban J connectivity index is 1.96. The molecule has 0 amide bonds. The van der Waals surface area contributed by atoms with Crippen molar-refractivity contribution in [3.8, 4) is 36.4 Å². The van der Waals surface area contributed by atoms with Gasteiger partial charge in [0.05, 0.1) is 22.3 Å². The molecule has 0 saturated carbocycles. The van der Waals surface area contributed by atoms with Gasteiger partial charge >= 0.3 is 12.4 Å². The van der Waals surface area contributed by atoms with Gasteiger partial charge in [-0.3, -0.25) is 0 Å². The first-order chi connectivity index (χ1) is 23.5. The van der Waals surface area contributed by atoms with E-state index in [0.717, 1.165) is 12.1 Å². The largest absolute Gasteiger partial charge is 0.419 e. The van der Waals surface area contributed by atoms with E-state index in [-0.39, 0.29) is 46.5 Å². The number of hydrogen-bond donors (Lipinski definition) is 0. The van der Waals surface area contributed by atoms with Crippen LogP contribution in [0.1, 0.15) is 44.5 Å². The molecule has 50 heavy (non-hydrogen) atoms. The van der Waals surface area contributed by atoms with Crippen LogP contribution in [0.2, 0.25) is 0 Å². The molecule has 0 radical (unpaired) electrons. The Kier molecular flexibility index (Phi) is 8.09. The van der Waals surface area contributed by atoms with Crippen molar-refractivity contribution < 1.29 is 43.9 Å². The summed E-state index contributed by atoms with van der Waals surface area (Å²) in [5, 5.41) is 59.5. The fraction of sp³-hybridized carbons (Fsp3) is 0.0588. The van der Waals surface area contributed by atoms with Gasteiger partial charge in [0.2, 0.25) is 0 Å². The molecule has 6 nitrogen and oxygen atoms in total. The van der Waals surface area contributed by atoms with E-state index in [0.29, 0.717) is 0 Å². The van der Waals surface area contributed by atoms with Gasteiger partial charge in [0, 0.05) is 33.4 Å². The van der Waals surface area contributed by atoms with Gasteiger partial charge in [0.1, 0.15) is 47.6 Å². The predicted molar refractivity (Wildman–Crippen MR) is 150 cm³/mol. The van der Waals surface area contributed by atoms with E-state index in [1.54, 1.807) is 12.1 Å². The van der Waals surface area contributed by atoms with Crippen LogP contribution in [0, 0.1) is 91.3 Å². The minimum Gasteiger partial charge on any atom is -0.204 e. The summed E-state index contributed by atoms with van der Waals surface area (Å²) in [7, 11) is 0. The Morgan fingerprint density at radius 3 is 1.06 bits per heavy atom. The van der Waals surface area contributed by atoms with Crippen LogP contribution in [-0.2, 0) is 12.4 Å². The molecule has 3 aromatic carbocycles. The summed E-state index contributed by atoms with van der Waals surface area (Å²) in [6.45, 7) is 0. The number of hydrogen-bond acceptors (Lipinski definition) is 6. The van der Waals surface area contributed by atoms with Crippen molar-refractivity contribution in [2.45, 2.75) is 12.4 Å². The van der Waals surface area contributed by atoms with E-state index in [9.17, 15) is 75.5 Å². The summed E-state index contributed by atoms with van der Waals surface area (Å²) in [4.78, 5) is 0. The smallest absolute Gasteiger partial charge is 0.204 e. The zero-order chi connectivity index (χ0) is 37.0. The molecule has 0 fully saturated rings. The third-order valence-corrected chi connectivity index (χ3v) is 7.65. The maximum atomic E-state index is 14.6. The summed E-state index contributed by atoms with van der Waals surface area (Å²) >= 11 is 0. The number of alkyl halides is 6. The number of rotatable bonds is 2. The molecule has 0 aromatic heterocycles. The Morgan fingerprint density at radius 1 is 0.460 bits per heavy atom. The molecule has 0 aliphatic heterocycles. The lowest BCUT2D eigenvalue weighted by Gasteiger charge is -2.14. The third-order valence-electron chi connectivity index (χ3n) is 7.65. The van der Waals surface area contributed by atoms with Gasteiger partial charge in [-0.25, -0.2) is 17.6 Å². The standard InChI is InChI=1S/C34H6F10N6/c35-25-3-13(1-23(31(25)37)33(39,40)41)27-21(11-49)17-5-18-20(6-19(17)29(27)15(7-45)8-46)30(16(9-47)10-48)28(22(18)12-50)14-2-24(34(42,43)44)32(38)26(36)4-14/h1-6H. The van der Waals surface area contributed by atoms with E-state index in [1.807, 2.05) is 0 Å². The molecule has 3 aromatic rings. The Morgan fingerprint density at radius 2 is 0.780 bits per heavy atom. The quantitative estimate of drug-likeness (QED) is 0.195. The van der Waals surface area contributed by atoms with Crippen LogP contribution in [0.25, 0.3) is 33.4 Å². The molecule has 0 atom stereocenters. The maximum Gasteiger partial charge on any atom is 0.419 e. The zero-order valence-electron chi connectivity index (χ0n) is 23.9. The number of halogens is 10. The Hall–Kier alpha value is -7.14. The fourth-order valence-corrected chi connectivity index (χ4v) is 5.70. The van der Waals surface area contributed by atoms with Crippen LogP contribution >= 0.6 is 0 Å². The van der Waals surface area contributed by atoms with Crippen molar-refractivity contribution in [1.82, 2.24) is 0 Å². The van der Waals surface area contributed by atoms with E-state index in [4.69, 9.17) is 0 Å². The predicted octanol–water partition coefficient (Wildman–Crippen LogP) is 8.78.